The first-order valence-corrected chi connectivity index (χ1v) is 12.8. The molecule has 0 aromatic heterocycles. The lowest BCUT2D eigenvalue weighted by Gasteiger charge is -2.30. The van der Waals surface area contributed by atoms with Crippen LogP contribution < -0.4 is 0 Å². The number of carbonyl (C=O) groups is 2. The minimum atomic E-state index is -0.529. The summed E-state index contributed by atoms with van der Waals surface area (Å²) in [5, 5.41) is 0. The molecule has 2 saturated carbocycles. The maximum absolute atomic E-state index is 12.5. The zero-order valence-corrected chi connectivity index (χ0v) is 21.1. The van der Waals surface area contributed by atoms with Crippen LogP contribution in [0.15, 0.2) is 0 Å². The molecule has 2 aliphatic rings. The third-order valence-electron chi connectivity index (χ3n) is 7.09. The van der Waals surface area contributed by atoms with Gasteiger partial charge >= 0.3 is 11.9 Å². The molecule has 186 valence electrons. The van der Waals surface area contributed by atoms with Crippen LogP contribution in [0.1, 0.15) is 92.9 Å². The zero-order chi connectivity index (χ0) is 23.7. The van der Waals surface area contributed by atoms with Crippen LogP contribution in [0, 0.1) is 29.6 Å². The van der Waals surface area contributed by atoms with Crippen LogP contribution in [-0.2, 0) is 28.5 Å². The number of ether oxygens (including phenoxy) is 4. The van der Waals surface area contributed by atoms with Crippen molar-refractivity contribution in [2.24, 2.45) is 29.6 Å². The van der Waals surface area contributed by atoms with Crippen molar-refractivity contribution >= 4 is 11.9 Å². The average molecular weight is 455 g/mol. The highest BCUT2D eigenvalue weighted by molar-refractivity contribution is 5.75. The van der Waals surface area contributed by atoms with E-state index in [4.69, 9.17) is 18.9 Å². The van der Waals surface area contributed by atoms with Crippen molar-refractivity contribution in [3.05, 3.63) is 0 Å². The van der Waals surface area contributed by atoms with E-state index in [-0.39, 0.29) is 29.9 Å². The Morgan fingerprint density at radius 1 is 0.656 bits per heavy atom. The van der Waals surface area contributed by atoms with Gasteiger partial charge in [-0.15, -0.1) is 0 Å². The van der Waals surface area contributed by atoms with Gasteiger partial charge in [0, 0.05) is 6.61 Å². The summed E-state index contributed by atoms with van der Waals surface area (Å²) in [5.74, 6) is 1.15. The van der Waals surface area contributed by atoms with Crippen molar-refractivity contribution in [2.75, 3.05) is 13.2 Å². The summed E-state index contributed by atoms with van der Waals surface area (Å²) in [6, 6.07) is 0. The quantitative estimate of drug-likeness (QED) is 0.302. The SMILES string of the molecule is CC(C)OC(=O)C1CCC(C(=O)OC(C)OCC2CCC(COC(C)C(C)C)CC2)CC1. The molecule has 0 saturated heterocycles. The molecule has 0 spiro atoms. The first-order chi connectivity index (χ1) is 15.2. The zero-order valence-electron chi connectivity index (χ0n) is 21.1. The number of carbonyl (C=O) groups excluding carboxylic acids is 2. The lowest BCUT2D eigenvalue weighted by Crippen LogP contribution is -2.31. The molecule has 0 heterocycles. The fourth-order valence-corrected chi connectivity index (χ4v) is 4.50. The van der Waals surface area contributed by atoms with E-state index in [1.165, 1.54) is 12.8 Å². The Balaban J connectivity index is 1.59. The van der Waals surface area contributed by atoms with Gasteiger partial charge in [-0.3, -0.25) is 9.59 Å². The number of rotatable bonds is 11. The summed E-state index contributed by atoms with van der Waals surface area (Å²) in [7, 11) is 0. The molecule has 0 aromatic rings. The molecule has 6 nitrogen and oxygen atoms in total. The summed E-state index contributed by atoms with van der Waals surface area (Å²) in [5.41, 5.74) is 0. The summed E-state index contributed by atoms with van der Waals surface area (Å²) in [6.07, 6.45) is 7.03. The van der Waals surface area contributed by atoms with Crippen LogP contribution >= 0.6 is 0 Å². The van der Waals surface area contributed by atoms with E-state index in [2.05, 4.69) is 20.8 Å². The maximum atomic E-state index is 12.5. The van der Waals surface area contributed by atoms with Crippen LogP contribution in [0.25, 0.3) is 0 Å². The van der Waals surface area contributed by atoms with Gasteiger partial charge < -0.3 is 18.9 Å². The molecule has 0 bridgehead atoms. The highest BCUT2D eigenvalue weighted by atomic mass is 16.7. The third-order valence-corrected chi connectivity index (χ3v) is 7.09. The van der Waals surface area contributed by atoms with E-state index in [9.17, 15) is 9.59 Å². The highest BCUT2D eigenvalue weighted by Crippen LogP contribution is 2.32. The van der Waals surface area contributed by atoms with Crippen molar-refractivity contribution in [3.8, 4) is 0 Å². The highest BCUT2D eigenvalue weighted by Gasteiger charge is 2.33. The molecule has 0 aromatic carbocycles. The Hall–Kier alpha value is -1.14. The topological polar surface area (TPSA) is 71.1 Å². The molecule has 0 radical (unpaired) electrons. The Labute approximate surface area is 195 Å². The monoisotopic (exact) mass is 454 g/mol. The van der Waals surface area contributed by atoms with E-state index in [0.29, 0.717) is 56.1 Å². The fourth-order valence-electron chi connectivity index (χ4n) is 4.50. The van der Waals surface area contributed by atoms with E-state index in [0.717, 1.165) is 19.4 Å². The molecule has 32 heavy (non-hydrogen) atoms. The van der Waals surface area contributed by atoms with Crippen LogP contribution in [0.3, 0.4) is 0 Å². The summed E-state index contributed by atoms with van der Waals surface area (Å²) in [4.78, 5) is 24.5. The third kappa shape index (κ3) is 9.38. The minimum Gasteiger partial charge on any atom is -0.463 e. The van der Waals surface area contributed by atoms with Crippen LogP contribution in [0.4, 0.5) is 0 Å². The Morgan fingerprint density at radius 2 is 1.09 bits per heavy atom. The average Bonchev–Trinajstić information content (AvgIpc) is 2.76. The van der Waals surface area contributed by atoms with Crippen LogP contribution in [0.5, 0.6) is 0 Å². The molecule has 0 amide bonds. The van der Waals surface area contributed by atoms with Crippen LogP contribution in [0.2, 0.25) is 0 Å². The van der Waals surface area contributed by atoms with Crippen molar-refractivity contribution in [2.45, 2.75) is 111 Å². The summed E-state index contributed by atoms with van der Waals surface area (Å²) >= 11 is 0. The molecule has 6 heteroatoms. The normalized spacial score (nSPS) is 28.4. The van der Waals surface area contributed by atoms with Crippen molar-refractivity contribution < 1.29 is 28.5 Å². The van der Waals surface area contributed by atoms with Gasteiger partial charge in [0.05, 0.1) is 30.7 Å². The molecule has 2 unspecified atom stereocenters. The van der Waals surface area contributed by atoms with E-state index in [1.54, 1.807) is 6.92 Å². The van der Waals surface area contributed by atoms with E-state index in [1.807, 2.05) is 13.8 Å². The van der Waals surface area contributed by atoms with Crippen molar-refractivity contribution in [1.82, 2.24) is 0 Å². The predicted molar refractivity (Wildman–Crippen MR) is 124 cm³/mol. The van der Waals surface area contributed by atoms with Crippen LogP contribution in [-0.4, -0.2) is 43.7 Å². The van der Waals surface area contributed by atoms with Gasteiger partial charge in [-0.25, -0.2) is 0 Å². The van der Waals surface area contributed by atoms with Gasteiger partial charge in [0.25, 0.3) is 0 Å². The molecule has 2 rings (SSSR count). The van der Waals surface area contributed by atoms with Gasteiger partial charge in [0.1, 0.15) is 0 Å². The first kappa shape index (κ1) is 27.1. The van der Waals surface area contributed by atoms with Crippen molar-refractivity contribution in [1.29, 1.82) is 0 Å². The predicted octanol–water partition coefficient (Wildman–Crippen LogP) is 5.52. The summed E-state index contributed by atoms with van der Waals surface area (Å²) < 4.78 is 22.7. The second-order valence-corrected chi connectivity index (χ2v) is 10.5. The smallest absolute Gasteiger partial charge is 0.311 e. The second kappa shape index (κ2) is 13.5. The van der Waals surface area contributed by atoms with Gasteiger partial charge in [-0.1, -0.05) is 13.8 Å². The van der Waals surface area contributed by atoms with Gasteiger partial charge in [-0.2, -0.15) is 0 Å². The number of esters is 2. The molecular formula is C26H46O6. The number of hydrogen-bond donors (Lipinski definition) is 0. The standard InChI is InChI=1S/C26H46O6/c1-17(2)19(5)29-15-21-7-9-22(10-8-21)16-30-20(6)32-26(28)24-13-11-23(12-14-24)25(27)31-18(3)4/h17-24H,7-16H2,1-6H3. The fraction of sp³-hybridized carbons (Fsp3) is 0.923. The maximum Gasteiger partial charge on any atom is 0.311 e. The lowest BCUT2D eigenvalue weighted by atomic mass is 9.82. The Morgan fingerprint density at radius 3 is 1.53 bits per heavy atom. The Bertz CT molecular complexity index is 559. The van der Waals surface area contributed by atoms with Gasteiger partial charge in [0.2, 0.25) is 0 Å². The molecule has 2 fully saturated rings. The summed E-state index contributed by atoms with van der Waals surface area (Å²) in [6.45, 7) is 13.6. The first-order valence-electron chi connectivity index (χ1n) is 12.8. The van der Waals surface area contributed by atoms with Gasteiger partial charge in [-0.05, 0) is 96.8 Å². The van der Waals surface area contributed by atoms with E-state index >= 15 is 0 Å². The van der Waals surface area contributed by atoms with Crippen molar-refractivity contribution in [3.63, 3.8) is 0 Å². The van der Waals surface area contributed by atoms with Gasteiger partial charge in [0.15, 0.2) is 6.29 Å². The lowest BCUT2D eigenvalue weighted by molar-refractivity contribution is -0.184. The molecule has 2 aliphatic carbocycles. The molecular weight excluding hydrogens is 408 g/mol. The Kier molecular flexibility index (Phi) is 11.5. The molecule has 2 atom stereocenters. The molecule has 0 aliphatic heterocycles. The second-order valence-electron chi connectivity index (χ2n) is 10.5. The molecule has 0 N–H and O–H groups in total. The largest absolute Gasteiger partial charge is 0.463 e. The van der Waals surface area contributed by atoms with E-state index < -0.39 is 6.29 Å². The number of hydrogen-bond acceptors (Lipinski definition) is 6. The minimum absolute atomic E-state index is 0.0933.